The van der Waals surface area contributed by atoms with Crippen LogP contribution in [0.1, 0.15) is 39.9 Å². The largest absolute Gasteiger partial charge is 1.00 e. The summed E-state index contributed by atoms with van der Waals surface area (Å²) < 4.78 is 9.38. The van der Waals surface area contributed by atoms with Gasteiger partial charge in [0.1, 0.15) is 36.5 Å². The summed E-state index contributed by atoms with van der Waals surface area (Å²) in [6.45, 7) is 2.73. The molecule has 0 radical (unpaired) electrons. The monoisotopic (exact) mass is 1680 g/mol. The number of para-hydroxylation sites is 7. The fraction of sp³-hybridized carbons (Fsp3) is 0.0854. The first kappa shape index (κ1) is 80.7. The van der Waals surface area contributed by atoms with Crippen LogP contribution in [0.25, 0.3) is 76.3 Å². The lowest BCUT2D eigenvalue weighted by Gasteiger charge is -2.05. The summed E-state index contributed by atoms with van der Waals surface area (Å²) in [6, 6.07) is 84.6. The average molecular weight is 1680 g/mol. The minimum atomic E-state index is 0. The number of nitrogens with zero attached hydrogens (tertiary/aromatic N) is 14. The predicted molar refractivity (Wildman–Crippen MR) is 437 cm³/mol. The number of imidazole rings is 4. The van der Waals surface area contributed by atoms with Crippen LogP contribution in [-0.2, 0) is 44.5 Å². The lowest BCUT2D eigenvalue weighted by Crippen LogP contribution is -3.00. The van der Waals surface area contributed by atoms with Crippen molar-refractivity contribution in [1.82, 2.24) is 63.5 Å². The predicted octanol–water partition coefficient (Wildman–Crippen LogP) is 16.0. The lowest BCUT2D eigenvalue weighted by molar-refractivity contribution is -0.686. The molecule has 0 aliphatic heterocycles. The first-order chi connectivity index (χ1) is 52.2. The third kappa shape index (κ3) is 21.0. The van der Waals surface area contributed by atoms with Crippen molar-refractivity contribution < 1.29 is 33.9 Å². The Hall–Kier alpha value is -9.27. The summed E-state index contributed by atoms with van der Waals surface area (Å²) in [5, 5.41) is 11.3. The maximum absolute atomic E-state index is 6.51. The van der Waals surface area contributed by atoms with E-state index in [-0.39, 0.29) is 24.8 Å². The van der Waals surface area contributed by atoms with Gasteiger partial charge in [-0.3, -0.25) is 15.0 Å². The molecule has 27 heteroatoms. The molecule has 11 heterocycles. The van der Waals surface area contributed by atoms with Crippen LogP contribution in [0.15, 0.2) is 280 Å². The van der Waals surface area contributed by atoms with Gasteiger partial charge < -0.3 is 34.4 Å². The van der Waals surface area contributed by atoms with E-state index in [1.165, 1.54) is 6.33 Å². The van der Waals surface area contributed by atoms with E-state index < -0.39 is 0 Å². The Bertz CT molecular complexity index is 5600. The van der Waals surface area contributed by atoms with E-state index in [2.05, 4.69) is 78.4 Å². The Morgan fingerprint density at radius 3 is 0.807 bits per heavy atom. The van der Waals surface area contributed by atoms with Crippen LogP contribution in [0.3, 0.4) is 0 Å². The second-order valence-electron chi connectivity index (χ2n) is 24.1. The maximum Gasteiger partial charge on any atom is 0.255 e. The van der Waals surface area contributed by atoms with Crippen molar-refractivity contribution in [2.75, 3.05) is 0 Å². The van der Waals surface area contributed by atoms with Crippen LogP contribution in [0.4, 0.5) is 0 Å². The van der Waals surface area contributed by atoms with Crippen LogP contribution in [0.5, 0.6) is 0 Å². The van der Waals surface area contributed by atoms with Gasteiger partial charge in [-0.25, -0.2) is 48.2 Å². The molecule has 0 fully saturated rings. The number of halogens is 12. The van der Waals surface area contributed by atoms with Crippen LogP contribution in [-0.4, -0.2) is 63.5 Å². The molecule has 0 atom stereocenters. The summed E-state index contributed by atoms with van der Waals surface area (Å²) in [4.78, 5) is 42.3. The zero-order chi connectivity index (χ0) is 74.2. The molecule has 1 N–H and O–H groups in total. The number of hydrogen-bond acceptors (Lipinski definition) is 9. The summed E-state index contributed by atoms with van der Waals surface area (Å²) in [7, 11) is 0. The summed E-state index contributed by atoms with van der Waals surface area (Å²) >= 11 is 59.9. The highest BCUT2D eigenvalue weighted by atomic mass is 35.5. The number of hydrogen-bond donors (Lipinski definition) is 1. The quantitative estimate of drug-likeness (QED) is 0.0930. The van der Waals surface area contributed by atoms with Crippen molar-refractivity contribution in [2.24, 2.45) is 0 Å². The Balaban J connectivity index is 0.000000137. The molecule has 7 aromatic carbocycles. The molecule has 0 saturated carbocycles. The summed E-state index contributed by atoms with van der Waals surface area (Å²) in [5.41, 5.74) is 13.3. The highest BCUT2D eigenvalue weighted by Crippen LogP contribution is 2.26. The minimum absolute atomic E-state index is 0. The zero-order valence-corrected chi connectivity index (χ0v) is 66.4. The third-order valence-corrected chi connectivity index (χ3v) is 20.5. The van der Waals surface area contributed by atoms with Crippen molar-refractivity contribution in [3.05, 3.63) is 361 Å². The van der Waals surface area contributed by atoms with E-state index in [9.17, 15) is 0 Å². The fourth-order valence-corrected chi connectivity index (χ4v) is 13.0. The van der Waals surface area contributed by atoms with Crippen molar-refractivity contribution in [1.29, 1.82) is 0 Å². The first-order valence-electron chi connectivity index (χ1n) is 33.3. The Morgan fingerprint density at radius 2 is 0.550 bits per heavy atom. The van der Waals surface area contributed by atoms with Gasteiger partial charge in [0.05, 0.1) is 109 Å². The molecule has 109 heavy (non-hydrogen) atoms. The smallest absolute Gasteiger partial charge is 0.255 e. The van der Waals surface area contributed by atoms with Gasteiger partial charge in [0.2, 0.25) is 12.7 Å². The standard InChI is InChI=1S/2C23H17Cl2N4.C13H9Cl2N3.2C10H8ClN.C3H2Cl2N2.2ClH/c2*24-22-23(25)29(14-19-12-10-17-6-2-4-8-21(17)27-19)15-28(22)13-18-11-9-16-5-1-3-7-20(16)26-18;14-12-13(15)18(8-16-12)7-10-6-5-9-3-1-2-4-11(9)17-10;2*11-7-9-6-5-8-3-1-2-4-10(8)12-9;4-2-3(5)7-1-6-2;;/h2*1-12,15H,13-14H2;1-6,8H,7H2;2*1-6H,7H2;1H,(H,6,7);2*1H/q2*+1;;;;;;/p-2. The van der Waals surface area contributed by atoms with Gasteiger partial charge in [0.15, 0.2) is 10.3 Å². The fourth-order valence-electron chi connectivity index (χ4n) is 11.4. The molecule has 0 spiro atoms. The number of benzene rings is 7. The maximum atomic E-state index is 6.51. The van der Waals surface area contributed by atoms with Gasteiger partial charge >= 0.3 is 0 Å². The average Bonchev–Trinajstić information content (AvgIpc) is 1.67. The van der Waals surface area contributed by atoms with E-state index in [0.29, 0.717) is 85.7 Å². The van der Waals surface area contributed by atoms with Gasteiger partial charge in [0, 0.05) is 37.7 Å². The Labute approximate surface area is 689 Å². The van der Waals surface area contributed by atoms with Gasteiger partial charge in [-0.1, -0.05) is 216 Å². The second-order valence-corrected chi connectivity index (χ2v) is 27.5. The molecule has 15 nitrogen and oxygen atoms in total. The van der Waals surface area contributed by atoms with E-state index in [4.69, 9.17) is 136 Å². The van der Waals surface area contributed by atoms with Crippen molar-refractivity contribution >= 4 is 192 Å². The molecular formula is C82H61Cl12N15. The molecule has 0 unspecified atom stereocenters. The highest BCUT2D eigenvalue weighted by molar-refractivity contribution is 6.41. The molecular weight excluding hydrogens is 1620 g/mol. The van der Waals surface area contributed by atoms with Gasteiger partial charge in [-0.15, -0.1) is 23.2 Å². The van der Waals surface area contributed by atoms with Gasteiger partial charge in [-0.2, -0.15) is 0 Å². The van der Waals surface area contributed by atoms with Crippen molar-refractivity contribution in [3.8, 4) is 0 Å². The molecule has 0 bridgehead atoms. The molecule has 0 amide bonds. The SMILES string of the molecule is ClCc1ccc2ccccc2n1.ClCc1ccc2ccccc2n1.Clc1c(Cl)[n+](Cc2ccc3ccccc3n2)cn1Cc1ccc2ccccc2n1.Clc1c(Cl)[n+](Cc2ccc3ccccc3n2)cn1Cc1ccc2ccccc2n1.Clc1nc[nH]c1Cl.Clc1ncn(Cc2ccc3ccccc3n2)c1Cl.[Cl-].[Cl-]. The molecule has 548 valence electrons. The normalized spacial score (nSPS) is 10.8. The number of pyridine rings is 7. The molecule has 0 aliphatic rings. The number of alkyl halides is 2. The third-order valence-electron chi connectivity index (χ3n) is 16.7. The first-order valence-corrected chi connectivity index (χ1v) is 37.4. The molecule has 11 aromatic heterocycles. The van der Waals surface area contributed by atoms with Crippen LogP contribution in [0.2, 0.25) is 41.2 Å². The second kappa shape index (κ2) is 38.9. The van der Waals surface area contributed by atoms with E-state index in [1.807, 2.05) is 237 Å². The number of aromatic amines is 1. The van der Waals surface area contributed by atoms with Crippen LogP contribution < -0.4 is 33.9 Å². The Kier molecular flexibility index (Phi) is 28.8. The van der Waals surface area contributed by atoms with Crippen molar-refractivity contribution in [2.45, 2.75) is 44.5 Å². The minimum Gasteiger partial charge on any atom is -1.00 e. The lowest BCUT2D eigenvalue weighted by atomic mass is 10.2. The molecule has 18 aromatic rings. The number of fused-ring (bicyclic) bond motifs is 7. The molecule has 0 saturated heterocycles. The number of nitrogens with one attached hydrogen (secondary N) is 1. The summed E-state index contributed by atoms with van der Waals surface area (Å²) in [5.74, 6) is 0.954. The van der Waals surface area contributed by atoms with Gasteiger partial charge in [-0.05, 0) is 131 Å². The zero-order valence-electron chi connectivity index (χ0n) is 57.3. The van der Waals surface area contributed by atoms with E-state index >= 15 is 0 Å². The number of H-pyrrole nitrogens is 1. The number of rotatable bonds is 12. The molecule has 0 aliphatic carbocycles. The van der Waals surface area contributed by atoms with Crippen molar-refractivity contribution in [3.63, 3.8) is 0 Å². The Morgan fingerprint density at radius 1 is 0.284 bits per heavy atom. The number of aromatic nitrogens is 15. The van der Waals surface area contributed by atoms with Crippen LogP contribution in [0, 0.1) is 0 Å². The topological polar surface area (TPSA) is 154 Å². The van der Waals surface area contributed by atoms with Gasteiger partial charge in [0.25, 0.3) is 20.6 Å². The molecule has 18 rings (SSSR count). The summed E-state index contributed by atoms with van der Waals surface area (Å²) in [6.07, 6.45) is 6.88. The van der Waals surface area contributed by atoms with E-state index in [0.717, 1.165) is 116 Å². The van der Waals surface area contributed by atoms with Crippen LogP contribution >= 0.6 is 116 Å². The van der Waals surface area contributed by atoms with E-state index in [1.54, 1.807) is 10.9 Å². The highest BCUT2D eigenvalue weighted by Gasteiger charge is 2.24.